The number of para-hydroxylation sites is 1. The summed E-state index contributed by atoms with van der Waals surface area (Å²) in [4.78, 5) is 31.8. The van der Waals surface area contributed by atoms with Gasteiger partial charge in [0.2, 0.25) is 0 Å². The lowest BCUT2D eigenvalue weighted by Crippen LogP contribution is -2.35. The molecule has 0 aliphatic carbocycles. The normalized spacial score (nSPS) is 14.9. The summed E-state index contributed by atoms with van der Waals surface area (Å²) in [6.45, 7) is 2.17. The van der Waals surface area contributed by atoms with Crippen molar-refractivity contribution in [1.82, 2.24) is 14.1 Å². The Labute approximate surface area is 174 Å². The molecule has 2 aromatic rings. The Morgan fingerprint density at radius 1 is 0.833 bits per heavy atom. The van der Waals surface area contributed by atoms with Crippen molar-refractivity contribution in [3.63, 3.8) is 0 Å². The second-order valence-electron chi connectivity index (χ2n) is 7.95. The SMILES string of the molecule is Cn1c(=O)nc2n(-c3ccc(N4CCCCCC4)cc3)c3ccccc3cc-2c1=O. The zero-order valence-corrected chi connectivity index (χ0v) is 17.0. The molecular formula is C24H24N4O2. The zero-order valence-electron chi connectivity index (χ0n) is 17.0. The molecule has 6 heteroatoms. The fraction of sp³-hybridized carbons (Fsp3) is 0.292. The first-order valence-corrected chi connectivity index (χ1v) is 10.5. The minimum Gasteiger partial charge on any atom is -0.372 e. The van der Waals surface area contributed by atoms with E-state index in [2.05, 4.69) is 34.1 Å². The van der Waals surface area contributed by atoms with Gasteiger partial charge < -0.3 is 4.90 Å². The number of anilines is 1. The van der Waals surface area contributed by atoms with E-state index >= 15 is 0 Å². The molecule has 2 aromatic carbocycles. The van der Waals surface area contributed by atoms with Crippen LogP contribution in [-0.2, 0) is 7.05 Å². The quantitative estimate of drug-likeness (QED) is 0.483. The van der Waals surface area contributed by atoms with E-state index < -0.39 is 5.69 Å². The van der Waals surface area contributed by atoms with Gasteiger partial charge in [-0.3, -0.25) is 13.9 Å². The molecule has 0 radical (unpaired) electrons. The number of hydrogen-bond donors (Lipinski definition) is 0. The predicted octanol–water partition coefficient (Wildman–Crippen LogP) is 3.57. The maximum absolute atomic E-state index is 12.8. The summed E-state index contributed by atoms with van der Waals surface area (Å²) in [5, 5.41) is 0.930. The molecule has 0 bridgehead atoms. The Balaban J connectivity index is 1.71. The second kappa shape index (κ2) is 7.44. The second-order valence-corrected chi connectivity index (χ2v) is 7.95. The number of pyridine rings is 1. The van der Waals surface area contributed by atoms with E-state index in [1.54, 1.807) is 0 Å². The molecular weight excluding hydrogens is 376 g/mol. The summed E-state index contributed by atoms with van der Waals surface area (Å²) in [6.07, 6.45) is 5.04. The first-order chi connectivity index (χ1) is 14.6. The zero-order chi connectivity index (χ0) is 20.7. The van der Waals surface area contributed by atoms with Gasteiger partial charge in [-0.2, -0.15) is 4.98 Å². The maximum atomic E-state index is 12.8. The number of aromatic nitrogens is 3. The van der Waals surface area contributed by atoms with Crippen molar-refractivity contribution in [2.45, 2.75) is 25.7 Å². The van der Waals surface area contributed by atoms with Crippen LogP contribution in [0.2, 0.25) is 0 Å². The van der Waals surface area contributed by atoms with Crippen LogP contribution in [0.1, 0.15) is 25.7 Å². The van der Waals surface area contributed by atoms with E-state index in [0.717, 1.165) is 34.2 Å². The Hall–Kier alpha value is -3.41. The Morgan fingerprint density at radius 3 is 2.23 bits per heavy atom. The van der Waals surface area contributed by atoms with Gasteiger partial charge in [-0.05, 0) is 54.6 Å². The van der Waals surface area contributed by atoms with E-state index in [4.69, 9.17) is 0 Å². The monoisotopic (exact) mass is 400 g/mol. The highest BCUT2D eigenvalue weighted by Crippen LogP contribution is 2.29. The minimum absolute atomic E-state index is 0.328. The molecule has 6 nitrogen and oxygen atoms in total. The minimum atomic E-state index is -0.544. The summed E-state index contributed by atoms with van der Waals surface area (Å²) in [6, 6.07) is 18.0. The molecule has 0 saturated carbocycles. The fourth-order valence-corrected chi connectivity index (χ4v) is 4.37. The summed E-state index contributed by atoms with van der Waals surface area (Å²) < 4.78 is 2.98. The first-order valence-electron chi connectivity index (χ1n) is 10.5. The molecule has 3 heterocycles. The lowest BCUT2D eigenvalue weighted by atomic mass is 10.1. The molecule has 0 N–H and O–H groups in total. The molecule has 0 spiro atoms. The van der Waals surface area contributed by atoms with E-state index in [0.29, 0.717) is 11.4 Å². The van der Waals surface area contributed by atoms with Crippen LogP contribution in [0.25, 0.3) is 28.0 Å². The van der Waals surface area contributed by atoms with Crippen molar-refractivity contribution < 1.29 is 0 Å². The topological polar surface area (TPSA) is 60.1 Å². The van der Waals surface area contributed by atoms with E-state index in [9.17, 15) is 9.59 Å². The molecule has 3 aliphatic heterocycles. The molecule has 0 aromatic heterocycles. The average molecular weight is 400 g/mol. The van der Waals surface area contributed by atoms with Crippen molar-refractivity contribution in [2.75, 3.05) is 18.0 Å². The molecule has 0 atom stereocenters. The van der Waals surface area contributed by atoms with Gasteiger partial charge in [0.1, 0.15) is 0 Å². The third-order valence-electron chi connectivity index (χ3n) is 6.03. The highest BCUT2D eigenvalue weighted by molar-refractivity contribution is 5.87. The van der Waals surface area contributed by atoms with Crippen LogP contribution in [0.4, 0.5) is 5.69 Å². The number of hydrogen-bond acceptors (Lipinski definition) is 4. The molecule has 1 saturated heterocycles. The Kier molecular flexibility index (Phi) is 4.62. The standard InChI is InChI=1S/C24H24N4O2/c1-26-23(29)20-16-17-8-4-5-9-21(17)28(22(20)25-24(26)30)19-12-10-18(11-13-19)27-14-6-2-3-7-15-27/h4-5,8-13,16H,2-3,6-7,14-15H2,1H3. The maximum Gasteiger partial charge on any atom is 0.352 e. The summed E-state index contributed by atoms with van der Waals surface area (Å²) >= 11 is 0. The van der Waals surface area contributed by atoms with Crippen molar-refractivity contribution in [2.24, 2.45) is 7.05 Å². The molecule has 3 aliphatic rings. The summed E-state index contributed by atoms with van der Waals surface area (Å²) in [5.74, 6) is 0.393. The molecule has 1 fully saturated rings. The van der Waals surface area contributed by atoms with Gasteiger partial charge >= 0.3 is 5.69 Å². The first kappa shape index (κ1) is 18.6. The van der Waals surface area contributed by atoms with Crippen LogP contribution in [-0.4, -0.2) is 27.2 Å². The number of fused-ring (bicyclic) bond motifs is 2. The van der Waals surface area contributed by atoms with Gasteiger partial charge in [-0.15, -0.1) is 0 Å². The molecule has 0 unspecified atom stereocenters. The summed E-state index contributed by atoms with van der Waals surface area (Å²) in [7, 11) is 1.46. The molecule has 152 valence electrons. The lowest BCUT2D eigenvalue weighted by Gasteiger charge is -2.23. The van der Waals surface area contributed by atoms with Crippen LogP contribution in [0, 0.1) is 0 Å². The Bertz CT molecular complexity index is 1300. The van der Waals surface area contributed by atoms with Gasteiger partial charge in [-0.25, -0.2) is 4.79 Å². The number of rotatable bonds is 2. The van der Waals surface area contributed by atoms with Crippen LogP contribution in [0.5, 0.6) is 0 Å². The third-order valence-corrected chi connectivity index (χ3v) is 6.03. The molecule has 30 heavy (non-hydrogen) atoms. The predicted molar refractivity (Wildman–Crippen MR) is 120 cm³/mol. The van der Waals surface area contributed by atoms with Crippen LogP contribution >= 0.6 is 0 Å². The molecule has 0 amide bonds. The highest BCUT2D eigenvalue weighted by atomic mass is 16.2. The Morgan fingerprint density at radius 2 is 1.50 bits per heavy atom. The van der Waals surface area contributed by atoms with Crippen molar-refractivity contribution in [1.29, 1.82) is 0 Å². The highest BCUT2D eigenvalue weighted by Gasteiger charge is 2.20. The lowest BCUT2D eigenvalue weighted by molar-refractivity contribution is 0.726. The average Bonchev–Trinajstić information content (AvgIpc) is 3.06. The van der Waals surface area contributed by atoms with Crippen LogP contribution in [0.3, 0.4) is 0 Å². The van der Waals surface area contributed by atoms with E-state index in [1.165, 1.54) is 38.4 Å². The van der Waals surface area contributed by atoms with Gasteiger partial charge in [0.05, 0.1) is 11.1 Å². The number of benzene rings is 2. The van der Waals surface area contributed by atoms with Crippen LogP contribution in [0.15, 0.2) is 64.2 Å². The van der Waals surface area contributed by atoms with E-state index in [1.807, 2.05) is 34.9 Å². The smallest absolute Gasteiger partial charge is 0.352 e. The van der Waals surface area contributed by atoms with Gasteiger partial charge in [0, 0.05) is 31.5 Å². The third kappa shape index (κ3) is 3.09. The fourth-order valence-electron chi connectivity index (χ4n) is 4.37. The van der Waals surface area contributed by atoms with Crippen molar-refractivity contribution in [3.8, 4) is 17.1 Å². The van der Waals surface area contributed by atoms with Crippen molar-refractivity contribution >= 4 is 16.6 Å². The van der Waals surface area contributed by atoms with Gasteiger partial charge in [0.15, 0.2) is 5.82 Å². The van der Waals surface area contributed by atoms with Gasteiger partial charge in [-0.1, -0.05) is 31.0 Å². The summed E-state index contributed by atoms with van der Waals surface area (Å²) in [5.41, 5.74) is 2.57. The van der Waals surface area contributed by atoms with E-state index in [-0.39, 0.29) is 5.56 Å². The number of nitrogens with zero attached hydrogens (tertiary/aromatic N) is 4. The van der Waals surface area contributed by atoms with Crippen molar-refractivity contribution in [3.05, 3.63) is 75.4 Å². The van der Waals surface area contributed by atoms with Gasteiger partial charge in [0.25, 0.3) is 5.56 Å². The largest absolute Gasteiger partial charge is 0.372 e. The molecule has 5 rings (SSSR count). The van der Waals surface area contributed by atoms with Crippen LogP contribution < -0.4 is 16.1 Å².